The summed E-state index contributed by atoms with van der Waals surface area (Å²) in [5.41, 5.74) is -1.85. The number of alkyl halides is 3. The molecule has 1 aromatic heterocycles. The normalized spacial score (nSPS) is 16.2. The molecule has 0 radical (unpaired) electrons. The molecule has 2 aromatic rings. The Morgan fingerprint density at radius 2 is 1.77 bits per heavy atom. The summed E-state index contributed by atoms with van der Waals surface area (Å²) in [6.07, 6.45) is -3.12. The van der Waals surface area contributed by atoms with Crippen LogP contribution in [0.3, 0.4) is 0 Å². The fourth-order valence-corrected chi connectivity index (χ4v) is 4.16. The lowest BCUT2D eigenvalue weighted by Gasteiger charge is -2.38. The summed E-state index contributed by atoms with van der Waals surface area (Å²) >= 11 is 5.95. The number of carbonyl (C=O) groups excluding carboxylic acids is 1. The largest absolute Gasteiger partial charge is 0.431 e. The minimum absolute atomic E-state index is 0.0678. The molecule has 1 amide bonds. The molecule has 1 aliphatic rings. The summed E-state index contributed by atoms with van der Waals surface area (Å²) in [6.45, 7) is 5.94. The van der Waals surface area contributed by atoms with Crippen LogP contribution in [0.5, 0.6) is 0 Å². The first-order valence-electron chi connectivity index (χ1n) is 10.2. The molecule has 1 aromatic carbocycles. The van der Waals surface area contributed by atoms with Gasteiger partial charge in [0.25, 0.3) is 5.91 Å². The molecule has 8 heteroatoms. The van der Waals surface area contributed by atoms with E-state index in [4.69, 9.17) is 11.6 Å². The van der Waals surface area contributed by atoms with Gasteiger partial charge in [0.2, 0.25) is 0 Å². The second kappa shape index (κ2) is 8.17. The highest BCUT2D eigenvalue weighted by molar-refractivity contribution is 6.30. The summed E-state index contributed by atoms with van der Waals surface area (Å²) in [4.78, 5) is 14.9. The number of carbonyl (C=O) groups is 1. The van der Waals surface area contributed by atoms with Gasteiger partial charge in [-0.15, -0.1) is 0 Å². The Balaban J connectivity index is 2.20. The number of amides is 1. The maximum Gasteiger partial charge on any atom is 0.431 e. The van der Waals surface area contributed by atoms with Gasteiger partial charge in [0.1, 0.15) is 11.4 Å². The number of hydrogen-bond donors (Lipinski definition) is 1. The summed E-state index contributed by atoms with van der Waals surface area (Å²) in [5.74, 6) is -0.515. The zero-order valence-corrected chi connectivity index (χ0v) is 18.9. The molecular weight excluding hydrogens is 429 g/mol. The lowest BCUT2D eigenvalue weighted by atomic mass is 9.80. The smallest absolute Gasteiger partial charge is 0.388 e. The first kappa shape index (κ1) is 23.7. The van der Waals surface area contributed by atoms with E-state index in [2.05, 4.69) is 0 Å². The van der Waals surface area contributed by atoms with Crippen molar-refractivity contribution >= 4 is 17.5 Å². The maximum absolute atomic E-state index is 14.0. The molecule has 3 rings (SSSR count). The molecule has 1 heterocycles. The van der Waals surface area contributed by atoms with Crippen LogP contribution in [0.4, 0.5) is 13.2 Å². The molecule has 0 aliphatic heterocycles. The number of aromatic nitrogens is 1. The van der Waals surface area contributed by atoms with Gasteiger partial charge in [0.05, 0.1) is 12.1 Å². The third-order valence-electron chi connectivity index (χ3n) is 5.54. The quantitative estimate of drug-likeness (QED) is 0.612. The van der Waals surface area contributed by atoms with Crippen LogP contribution >= 0.6 is 11.6 Å². The van der Waals surface area contributed by atoms with Crippen molar-refractivity contribution < 1.29 is 23.1 Å². The molecule has 0 spiro atoms. The van der Waals surface area contributed by atoms with Crippen molar-refractivity contribution in [1.82, 2.24) is 9.47 Å². The third kappa shape index (κ3) is 5.26. The van der Waals surface area contributed by atoms with Crippen LogP contribution in [-0.4, -0.2) is 39.7 Å². The summed E-state index contributed by atoms with van der Waals surface area (Å²) in [6, 6.07) is 7.35. The van der Waals surface area contributed by atoms with Crippen LogP contribution in [0.25, 0.3) is 11.1 Å². The monoisotopic (exact) mass is 456 g/mol. The van der Waals surface area contributed by atoms with E-state index in [1.54, 1.807) is 31.3 Å². The molecule has 170 valence electrons. The van der Waals surface area contributed by atoms with E-state index < -0.39 is 23.4 Å². The molecular formula is C23H28ClF3N2O2. The zero-order valence-electron chi connectivity index (χ0n) is 18.2. The van der Waals surface area contributed by atoms with Gasteiger partial charge >= 0.3 is 6.18 Å². The second-order valence-electron chi connectivity index (χ2n) is 9.68. The predicted octanol–water partition coefficient (Wildman–Crippen LogP) is 5.86. The van der Waals surface area contributed by atoms with Crippen LogP contribution in [0, 0.1) is 5.41 Å². The van der Waals surface area contributed by atoms with Crippen molar-refractivity contribution in [2.45, 2.75) is 58.4 Å². The van der Waals surface area contributed by atoms with Crippen LogP contribution in [0.1, 0.15) is 56.2 Å². The molecule has 4 nitrogen and oxygen atoms in total. The molecule has 1 fully saturated rings. The topological polar surface area (TPSA) is 45.5 Å². The molecule has 0 saturated heterocycles. The number of hydrogen-bond acceptors (Lipinski definition) is 2. The second-order valence-corrected chi connectivity index (χ2v) is 10.1. The van der Waals surface area contributed by atoms with Gasteiger partial charge in [0, 0.05) is 24.2 Å². The molecule has 1 saturated carbocycles. The first-order chi connectivity index (χ1) is 14.2. The summed E-state index contributed by atoms with van der Waals surface area (Å²) < 4.78 is 43.0. The van der Waals surface area contributed by atoms with Crippen molar-refractivity contribution in [3.8, 4) is 11.1 Å². The Bertz CT molecular complexity index is 955. The number of rotatable bonds is 5. The van der Waals surface area contributed by atoms with E-state index in [1.165, 1.54) is 4.90 Å². The number of nitrogens with zero attached hydrogens (tertiary/aromatic N) is 2. The van der Waals surface area contributed by atoms with Gasteiger partial charge in [-0.3, -0.25) is 4.79 Å². The van der Waals surface area contributed by atoms with Crippen molar-refractivity contribution in [2.24, 2.45) is 5.41 Å². The highest BCUT2D eigenvalue weighted by Gasteiger charge is 2.43. The van der Waals surface area contributed by atoms with Crippen molar-refractivity contribution in [3.63, 3.8) is 0 Å². The molecule has 0 bridgehead atoms. The van der Waals surface area contributed by atoms with Crippen molar-refractivity contribution in [1.29, 1.82) is 0 Å². The highest BCUT2D eigenvalue weighted by atomic mass is 35.5. The van der Waals surface area contributed by atoms with Crippen LogP contribution in [-0.2, 0) is 12.7 Å². The molecule has 1 aliphatic carbocycles. The summed E-state index contributed by atoms with van der Waals surface area (Å²) in [7, 11) is 1.59. The predicted molar refractivity (Wildman–Crippen MR) is 115 cm³/mol. The average molecular weight is 457 g/mol. The standard InChI is InChI=1S/C23H28ClF3N2O2/c1-21(2,3)13-28(4)20(30)19-17(15-6-8-16(24)9-7-15)12-18(23(25,26)27)29(19)14-22(31)10-5-11-22/h6-9,12,31H,5,10-11,13-14H2,1-4H3. The van der Waals surface area contributed by atoms with E-state index in [0.29, 0.717) is 30.0 Å². The first-order valence-corrected chi connectivity index (χ1v) is 10.6. The van der Waals surface area contributed by atoms with E-state index in [9.17, 15) is 23.1 Å². The lowest BCUT2D eigenvalue weighted by Crippen LogP contribution is -2.43. The molecule has 1 N–H and O–H groups in total. The van der Waals surface area contributed by atoms with E-state index >= 15 is 0 Å². The van der Waals surface area contributed by atoms with Gasteiger partial charge < -0.3 is 14.6 Å². The molecule has 0 unspecified atom stereocenters. The van der Waals surface area contributed by atoms with Crippen molar-refractivity contribution in [3.05, 3.63) is 46.7 Å². The third-order valence-corrected chi connectivity index (χ3v) is 5.79. The fraction of sp³-hybridized carbons (Fsp3) is 0.522. The Morgan fingerprint density at radius 3 is 2.23 bits per heavy atom. The molecule has 0 atom stereocenters. The van der Waals surface area contributed by atoms with E-state index in [0.717, 1.165) is 17.1 Å². The Morgan fingerprint density at radius 1 is 1.19 bits per heavy atom. The number of aliphatic hydroxyl groups is 1. The number of benzene rings is 1. The van der Waals surface area contributed by atoms with Gasteiger partial charge in [-0.05, 0) is 48.4 Å². The summed E-state index contributed by atoms with van der Waals surface area (Å²) in [5, 5.41) is 11.1. The highest BCUT2D eigenvalue weighted by Crippen LogP contribution is 2.41. The Labute approximate surface area is 185 Å². The minimum Gasteiger partial charge on any atom is -0.388 e. The number of halogens is 4. The van der Waals surface area contributed by atoms with Gasteiger partial charge in [-0.2, -0.15) is 13.2 Å². The van der Waals surface area contributed by atoms with Gasteiger partial charge in [0.15, 0.2) is 0 Å². The van der Waals surface area contributed by atoms with E-state index in [-0.39, 0.29) is 23.2 Å². The Hall–Kier alpha value is -1.99. The SMILES string of the molecule is CN(CC(C)(C)C)C(=O)c1c(-c2ccc(Cl)cc2)cc(C(F)(F)F)n1CC1(O)CCC1. The molecule has 31 heavy (non-hydrogen) atoms. The Kier molecular flexibility index (Phi) is 6.24. The van der Waals surface area contributed by atoms with Crippen molar-refractivity contribution in [2.75, 3.05) is 13.6 Å². The van der Waals surface area contributed by atoms with Crippen LogP contribution in [0.2, 0.25) is 5.02 Å². The zero-order chi connectivity index (χ0) is 23.2. The van der Waals surface area contributed by atoms with Crippen LogP contribution in [0.15, 0.2) is 30.3 Å². The van der Waals surface area contributed by atoms with E-state index in [1.807, 2.05) is 20.8 Å². The lowest BCUT2D eigenvalue weighted by molar-refractivity contribution is -0.146. The van der Waals surface area contributed by atoms with Crippen LogP contribution < -0.4 is 0 Å². The maximum atomic E-state index is 14.0. The van der Waals surface area contributed by atoms with Gasteiger partial charge in [-0.25, -0.2) is 0 Å². The minimum atomic E-state index is -4.68. The average Bonchev–Trinajstić information content (AvgIpc) is 2.98. The fourth-order valence-electron chi connectivity index (χ4n) is 4.03. The van der Waals surface area contributed by atoms with Gasteiger partial charge in [-0.1, -0.05) is 44.5 Å².